The van der Waals surface area contributed by atoms with Gasteiger partial charge in [-0.1, -0.05) is 41.4 Å². The Morgan fingerprint density at radius 2 is 2.00 bits per heavy atom. The lowest BCUT2D eigenvalue weighted by molar-refractivity contribution is 1.34. The van der Waals surface area contributed by atoms with E-state index in [-0.39, 0.29) is 0 Å². The summed E-state index contributed by atoms with van der Waals surface area (Å²) in [4.78, 5) is 1.04. The molecule has 0 bridgehead atoms. The van der Waals surface area contributed by atoms with Gasteiger partial charge >= 0.3 is 0 Å². The van der Waals surface area contributed by atoms with E-state index in [0.29, 0.717) is 0 Å². The van der Waals surface area contributed by atoms with Gasteiger partial charge in [0.1, 0.15) is 0 Å². The quantitative estimate of drug-likeness (QED) is 0.651. The summed E-state index contributed by atoms with van der Waals surface area (Å²) in [6.07, 6.45) is 0. The van der Waals surface area contributed by atoms with Crippen LogP contribution in [0, 0.1) is 6.92 Å². The highest BCUT2D eigenvalue weighted by atomic mass is 35.5. The zero-order chi connectivity index (χ0) is 12.3. The predicted octanol–water partition coefficient (Wildman–Crippen LogP) is 4.52. The second-order valence-electron chi connectivity index (χ2n) is 3.97. The standard InChI is InChI=1S/C14H14ClNS/c1-10-3-2-4-11(7-10)9-17-14-8-12(16)5-6-13(14)15/h2-8H,9,16H2,1H3. The van der Waals surface area contributed by atoms with Crippen molar-refractivity contribution >= 4 is 29.1 Å². The van der Waals surface area contributed by atoms with Gasteiger partial charge in [-0.3, -0.25) is 0 Å². The van der Waals surface area contributed by atoms with Crippen molar-refractivity contribution in [3.8, 4) is 0 Å². The Kier molecular flexibility index (Phi) is 3.97. The fourth-order valence-corrected chi connectivity index (χ4v) is 2.80. The fourth-order valence-electron chi connectivity index (χ4n) is 1.59. The number of hydrogen-bond acceptors (Lipinski definition) is 2. The Bertz CT molecular complexity index is 525. The van der Waals surface area contributed by atoms with E-state index in [0.717, 1.165) is 21.4 Å². The molecule has 0 atom stereocenters. The molecule has 0 aliphatic carbocycles. The summed E-state index contributed by atoms with van der Waals surface area (Å²) >= 11 is 7.83. The van der Waals surface area contributed by atoms with Crippen LogP contribution in [0.4, 0.5) is 5.69 Å². The number of anilines is 1. The van der Waals surface area contributed by atoms with Crippen LogP contribution in [0.25, 0.3) is 0 Å². The van der Waals surface area contributed by atoms with E-state index in [1.54, 1.807) is 11.8 Å². The number of nitrogens with two attached hydrogens (primary N) is 1. The van der Waals surface area contributed by atoms with Crippen LogP contribution in [-0.2, 0) is 5.75 Å². The van der Waals surface area contributed by atoms with Gasteiger partial charge in [-0.25, -0.2) is 0 Å². The average molecular weight is 264 g/mol. The van der Waals surface area contributed by atoms with E-state index in [1.165, 1.54) is 11.1 Å². The molecule has 0 saturated carbocycles. The first kappa shape index (κ1) is 12.3. The summed E-state index contributed by atoms with van der Waals surface area (Å²) in [5.41, 5.74) is 9.08. The van der Waals surface area contributed by atoms with Crippen LogP contribution < -0.4 is 5.73 Å². The molecule has 2 aromatic carbocycles. The Labute approximate surface area is 111 Å². The van der Waals surface area contributed by atoms with Crippen molar-refractivity contribution in [1.29, 1.82) is 0 Å². The summed E-state index contributed by atoms with van der Waals surface area (Å²) in [6, 6.07) is 14.1. The predicted molar refractivity (Wildman–Crippen MR) is 76.6 cm³/mol. The molecule has 0 aliphatic heterocycles. The lowest BCUT2D eigenvalue weighted by atomic mass is 10.2. The highest BCUT2D eigenvalue weighted by Gasteiger charge is 2.02. The van der Waals surface area contributed by atoms with Crippen molar-refractivity contribution in [3.05, 3.63) is 58.6 Å². The molecular weight excluding hydrogens is 250 g/mol. The molecule has 0 fully saturated rings. The number of rotatable bonds is 3. The van der Waals surface area contributed by atoms with Crippen LogP contribution in [0.3, 0.4) is 0 Å². The van der Waals surface area contributed by atoms with E-state index in [4.69, 9.17) is 17.3 Å². The third-order valence-electron chi connectivity index (χ3n) is 2.43. The number of hydrogen-bond donors (Lipinski definition) is 1. The van der Waals surface area contributed by atoms with Gasteiger partial charge in [-0.2, -0.15) is 0 Å². The first-order valence-electron chi connectivity index (χ1n) is 5.38. The number of halogens is 1. The lowest BCUT2D eigenvalue weighted by Crippen LogP contribution is -1.86. The first-order chi connectivity index (χ1) is 8.15. The zero-order valence-electron chi connectivity index (χ0n) is 9.61. The molecule has 2 aromatic rings. The summed E-state index contributed by atoms with van der Waals surface area (Å²) < 4.78 is 0. The topological polar surface area (TPSA) is 26.0 Å². The van der Waals surface area contributed by atoms with Gasteiger partial charge in [0.15, 0.2) is 0 Å². The number of aryl methyl sites for hydroxylation is 1. The maximum absolute atomic E-state index is 6.12. The smallest absolute Gasteiger partial charge is 0.0543 e. The number of nitrogen functional groups attached to an aromatic ring is 1. The SMILES string of the molecule is Cc1cccc(CSc2cc(N)ccc2Cl)c1. The Morgan fingerprint density at radius 3 is 2.76 bits per heavy atom. The molecule has 1 nitrogen and oxygen atoms in total. The lowest BCUT2D eigenvalue weighted by Gasteiger charge is -2.06. The minimum absolute atomic E-state index is 0.751. The first-order valence-corrected chi connectivity index (χ1v) is 6.75. The fraction of sp³-hybridized carbons (Fsp3) is 0.143. The van der Waals surface area contributed by atoms with Gasteiger partial charge in [-0.15, -0.1) is 11.8 Å². The van der Waals surface area contributed by atoms with Crippen LogP contribution in [0.5, 0.6) is 0 Å². The average Bonchev–Trinajstić information content (AvgIpc) is 2.30. The molecule has 0 heterocycles. The molecule has 0 spiro atoms. The van der Waals surface area contributed by atoms with Gasteiger partial charge in [0.2, 0.25) is 0 Å². The Balaban J connectivity index is 2.09. The molecule has 17 heavy (non-hydrogen) atoms. The minimum atomic E-state index is 0.751. The van der Waals surface area contributed by atoms with Gasteiger partial charge in [0.25, 0.3) is 0 Å². The summed E-state index contributed by atoms with van der Waals surface area (Å²) in [6.45, 7) is 2.10. The third kappa shape index (κ3) is 3.42. The Hall–Kier alpha value is -1.12. The highest BCUT2D eigenvalue weighted by molar-refractivity contribution is 7.98. The maximum atomic E-state index is 6.12. The summed E-state index contributed by atoms with van der Waals surface area (Å²) in [7, 11) is 0. The van der Waals surface area contributed by atoms with Crippen molar-refractivity contribution in [3.63, 3.8) is 0 Å². The van der Waals surface area contributed by atoms with E-state index in [9.17, 15) is 0 Å². The molecule has 2 rings (SSSR count). The van der Waals surface area contributed by atoms with Gasteiger partial charge in [0, 0.05) is 16.3 Å². The molecule has 0 radical (unpaired) electrons. The molecule has 0 amide bonds. The van der Waals surface area contributed by atoms with E-state index in [2.05, 4.69) is 31.2 Å². The van der Waals surface area contributed by atoms with Crippen LogP contribution >= 0.6 is 23.4 Å². The second kappa shape index (κ2) is 5.48. The van der Waals surface area contributed by atoms with Crippen molar-refractivity contribution in [2.75, 3.05) is 5.73 Å². The van der Waals surface area contributed by atoms with Crippen molar-refractivity contribution in [1.82, 2.24) is 0 Å². The second-order valence-corrected chi connectivity index (χ2v) is 5.39. The van der Waals surface area contributed by atoms with Gasteiger partial charge in [0.05, 0.1) is 5.02 Å². The number of benzene rings is 2. The molecule has 0 aliphatic rings. The van der Waals surface area contributed by atoms with Crippen LogP contribution in [0.15, 0.2) is 47.4 Å². The molecule has 0 saturated heterocycles. The van der Waals surface area contributed by atoms with Gasteiger partial charge < -0.3 is 5.73 Å². The summed E-state index contributed by atoms with van der Waals surface area (Å²) in [5.74, 6) is 0.908. The molecule has 2 N–H and O–H groups in total. The zero-order valence-corrected chi connectivity index (χ0v) is 11.2. The normalized spacial score (nSPS) is 10.5. The molecule has 0 aromatic heterocycles. The molecule has 3 heteroatoms. The molecular formula is C14H14ClNS. The minimum Gasteiger partial charge on any atom is -0.399 e. The van der Waals surface area contributed by atoms with Crippen LogP contribution in [0.2, 0.25) is 5.02 Å². The molecule has 0 unspecified atom stereocenters. The van der Waals surface area contributed by atoms with Gasteiger partial charge in [-0.05, 0) is 30.7 Å². The van der Waals surface area contributed by atoms with Crippen molar-refractivity contribution < 1.29 is 0 Å². The molecule has 88 valence electrons. The largest absolute Gasteiger partial charge is 0.399 e. The number of thioether (sulfide) groups is 1. The summed E-state index contributed by atoms with van der Waals surface area (Å²) in [5, 5.41) is 0.761. The maximum Gasteiger partial charge on any atom is 0.0543 e. The highest BCUT2D eigenvalue weighted by Crippen LogP contribution is 2.31. The van der Waals surface area contributed by atoms with E-state index in [1.807, 2.05) is 18.2 Å². The van der Waals surface area contributed by atoms with Crippen LogP contribution in [-0.4, -0.2) is 0 Å². The van der Waals surface area contributed by atoms with Crippen LogP contribution in [0.1, 0.15) is 11.1 Å². The van der Waals surface area contributed by atoms with Crippen molar-refractivity contribution in [2.24, 2.45) is 0 Å². The van der Waals surface area contributed by atoms with E-state index >= 15 is 0 Å². The monoisotopic (exact) mass is 263 g/mol. The Morgan fingerprint density at radius 1 is 1.18 bits per heavy atom. The third-order valence-corrected chi connectivity index (χ3v) is 4.00. The van der Waals surface area contributed by atoms with Crippen molar-refractivity contribution in [2.45, 2.75) is 17.6 Å². The van der Waals surface area contributed by atoms with E-state index < -0.39 is 0 Å².